The molecule has 11 heteroatoms. The molecule has 5 N–H and O–H groups in total. The highest BCUT2D eigenvalue weighted by Gasteiger charge is 2.19. The number of rotatable bonds is 12. The van der Waals surface area contributed by atoms with Crippen molar-refractivity contribution in [2.24, 2.45) is 0 Å². The summed E-state index contributed by atoms with van der Waals surface area (Å²) in [4.78, 5) is 20.1. The van der Waals surface area contributed by atoms with Gasteiger partial charge in [-0.05, 0) is 30.5 Å². The molecular weight excluding hydrogens is 424 g/mol. The summed E-state index contributed by atoms with van der Waals surface area (Å²) >= 11 is 0. The number of nitrogens with one attached hydrogen (secondary N) is 2. The summed E-state index contributed by atoms with van der Waals surface area (Å²) in [5.41, 5.74) is 9.42. The molecule has 0 radical (unpaired) electrons. The van der Waals surface area contributed by atoms with Gasteiger partial charge in [0.15, 0.2) is 5.82 Å². The average Bonchev–Trinajstić information content (AvgIpc) is 3.27. The molecule has 0 bridgehead atoms. The molecule has 1 aromatic carbocycles. The molecule has 2 heterocycles. The van der Waals surface area contributed by atoms with E-state index in [4.69, 9.17) is 10.5 Å². The maximum absolute atomic E-state index is 11.4. The fourth-order valence-electron chi connectivity index (χ4n) is 3.74. The number of unbranched alkanes of at least 4 members (excludes halogenated alkanes) is 1. The van der Waals surface area contributed by atoms with E-state index in [9.17, 15) is 9.90 Å². The standard InChI is InChI=1S/C22H30N8O3/c1-4-5-6-16(12-20(31)32)25-21-17(13(2)24-22(23)26-21)11-15-9-14(7-8-18(15)33-3)10-19-27-29-30-28-19/h7-9,16H,4-6,10-12H2,1-3H3,(H,31,32)(H3,23,24,25,26)(H,27,28,29,30)/t16-/m1/s1. The van der Waals surface area contributed by atoms with Gasteiger partial charge in [-0.3, -0.25) is 4.79 Å². The number of aliphatic carboxylic acids is 1. The van der Waals surface area contributed by atoms with Gasteiger partial charge in [0.1, 0.15) is 11.6 Å². The Morgan fingerprint density at radius 2 is 2.12 bits per heavy atom. The number of H-pyrrole nitrogens is 1. The number of aromatic nitrogens is 6. The van der Waals surface area contributed by atoms with Crippen molar-refractivity contribution < 1.29 is 14.6 Å². The van der Waals surface area contributed by atoms with Gasteiger partial charge in [-0.15, -0.1) is 10.2 Å². The molecule has 0 spiro atoms. The van der Waals surface area contributed by atoms with E-state index in [0.29, 0.717) is 30.9 Å². The van der Waals surface area contributed by atoms with E-state index in [2.05, 4.69) is 42.8 Å². The molecule has 33 heavy (non-hydrogen) atoms. The van der Waals surface area contributed by atoms with Crippen molar-refractivity contribution in [1.29, 1.82) is 0 Å². The maximum atomic E-state index is 11.4. The zero-order valence-electron chi connectivity index (χ0n) is 19.1. The van der Waals surface area contributed by atoms with E-state index < -0.39 is 5.97 Å². The molecular formula is C22H30N8O3. The second-order valence-corrected chi connectivity index (χ2v) is 7.90. The Kier molecular flexibility index (Phi) is 8.11. The van der Waals surface area contributed by atoms with Crippen LogP contribution in [0.1, 0.15) is 60.8 Å². The first-order valence-electron chi connectivity index (χ1n) is 10.9. The molecule has 0 saturated carbocycles. The number of anilines is 2. The first-order valence-corrected chi connectivity index (χ1v) is 10.9. The van der Waals surface area contributed by atoms with Crippen LogP contribution in [0.5, 0.6) is 5.75 Å². The van der Waals surface area contributed by atoms with Crippen molar-refractivity contribution in [3.63, 3.8) is 0 Å². The number of nitrogens with two attached hydrogens (primary N) is 1. The van der Waals surface area contributed by atoms with Crippen LogP contribution in [0.2, 0.25) is 0 Å². The number of aromatic amines is 1. The van der Waals surface area contributed by atoms with E-state index in [1.807, 2.05) is 25.1 Å². The molecule has 3 aromatic rings. The number of carbonyl (C=O) groups is 1. The SMILES string of the molecule is CCCC[C@H](CC(=O)O)Nc1nc(N)nc(C)c1Cc1cc(Cc2nn[nH]n2)ccc1OC. The minimum atomic E-state index is -0.861. The summed E-state index contributed by atoms with van der Waals surface area (Å²) < 4.78 is 5.58. The van der Waals surface area contributed by atoms with Gasteiger partial charge in [0.05, 0.1) is 13.5 Å². The van der Waals surface area contributed by atoms with Crippen molar-refractivity contribution in [2.75, 3.05) is 18.2 Å². The van der Waals surface area contributed by atoms with Crippen molar-refractivity contribution in [3.05, 3.63) is 46.4 Å². The highest BCUT2D eigenvalue weighted by atomic mass is 16.5. The minimum absolute atomic E-state index is 0.00803. The quantitative estimate of drug-likeness (QED) is 0.319. The zero-order chi connectivity index (χ0) is 23.8. The Balaban J connectivity index is 1.93. The van der Waals surface area contributed by atoms with Crippen LogP contribution in [0.25, 0.3) is 0 Å². The fourth-order valence-corrected chi connectivity index (χ4v) is 3.74. The van der Waals surface area contributed by atoms with E-state index >= 15 is 0 Å². The fraction of sp³-hybridized carbons (Fsp3) is 0.455. The normalized spacial score (nSPS) is 11.8. The van der Waals surface area contributed by atoms with Crippen LogP contribution in [-0.4, -0.2) is 54.8 Å². The number of carboxylic acid groups (broad SMARTS) is 1. The van der Waals surface area contributed by atoms with Crippen molar-refractivity contribution in [2.45, 2.75) is 58.4 Å². The number of carboxylic acids is 1. The summed E-state index contributed by atoms with van der Waals surface area (Å²) in [5, 5.41) is 26.8. The number of methoxy groups -OCH3 is 1. The Morgan fingerprint density at radius 1 is 1.30 bits per heavy atom. The number of benzene rings is 1. The summed E-state index contributed by atoms with van der Waals surface area (Å²) in [6.07, 6.45) is 3.59. The monoisotopic (exact) mass is 454 g/mol. The lowest BCUT2D eigenvalue weighted by Gasteiger charge is -2.21. The van der Waals surface area contributed by atoms with Crippen LogP contribution >= 0.6 is 0 Å². The van der Waals surface area contributed by atoms with Crippen LogP contribution in [0.15, 0.2) is 18.2 Å². The van der Waals surface area contributed by atoms with Crippen molar-refractivity contribution >= 4 is 17.7 Å². The molecule has 0 saturated heterocycles. The highest BCUT2D eigenvalue weighted by Crippen LogP contribution is 2.29. The van der Waals surface area contributed by atoms with Crippen molar-refractivity contribution in [1.82, 2.24) is 30.6 Å². The maximum Gasteiger partial charge on any atom is 0.305 e. The zero-order valence-corrected chi connectivity index (χ0v) is 19.1. The van der Waals surface area contributed by atoms with E-state index in [0.717, 1.165) is 41.0 Å². The number of aryl methyl sites for hydroxylation is 1. The summed E-state index contributed by atoms with van der Waals surface area (Å²) in [6, 6.07) is 5.62. The number of hydrogen-bond acceptors (Lipinski definition) is 9. The van der Waals surface area contributed by atoms with E-state index in [1.165, 1.54) is 0 Å². The number of nitrogens with zero attached hydrogens (tertiary/aromatic N) is 5. The van der Waals surface area contributed by atoms with E-state index in [1.54, 1.807) is 7.11 Å². The Bertz CT molecular complexity index is 1070. The molecule has 2 aromatic heterocycles. The van der Waals surface area contributed by atoms with Gasteiger partial charge in [0.25, 0.3) is 0 Å². The van der Waals surface area contributed by atoms with Crippen LogP contribution < -0.4 is 15.8 Å². The summed E-state index contributed by atoms with van der Waals surface area (Å²) in [5.74, 6) is 1.14. The third-order valence-electron chi connectivity index (χ3n) is 5.36. The Morgan fingerprint density at radius 3 is 2.79 bits per heavy atom. The lowest BCUT2D eigenvalue weighted by atomic mass is 9.99. The van der Waals surface area contributed by atoms with Gasteiger partial charge < -0.3 is 20.9 Å². The van der Waals surface area contributed by atoms with Crippen LogP contribution in [0.4, 0.5) is 11.8 Å². The predicted octanol–water partition coefficient (Wildman–Crippen LogP) is 2.52. The summed E-state index contributed by atoms with van der Waals surface area (Å²) in [6.45, 7) is 3.94. The number of nitrogen functional groups attached to an aromatic ring is 1. The minimum Gasteiger partial charge on any atom is -0.496 e. The highest BCUT2D eigenvalue weighted by molar-refractivity contribution is 5.68. The number of hydrogen-bond donors (Lipinski definition) is 4. The first-order chi connectivity index (χ1) is 15.9. The Hall–Kier alpha value is -3.76. The lowest BCUT2D eigenvalue weighted by Crippen LogP contribution is -2.25. The summed E-state index contributed by atoms with van der Waals surface area (Å²) in [7, 11) is 1.62. The van der Waals surface area contributed by atoms with Crippen LogP contribution in [0, 0.1) is 6.92 Å². The van der Waals surface area contributed by atoms with Crippen LogP contribution in [0.3, 0.4) is 0 Å². The van der Waals surface area contributed by atoms with Crippen LogP contribution in [-0.2, 0) is 17.6 Å². The second kappa shape index (κ2) is 11.2. The predicted molar refractivity (Wildman–Crippen MR) is 123 cm³/mol. The number of tetrazole rings is 1. The molecule has 176 valence electrons. The molecule has 0 amide bonds. The second-order valence-electron chi connectivity index (χ2n) is 7.90. The van der Waals surface area contributed by atoms with Gasteiger partial charge in [-0.2, -0.15) is 10.2 Å². The molecule has 0 unspecified atom stereocenters. The lowest BCUT2D eigenvalue weighted by molar-refractivity contribution is -0.137. The van der Waals surface area contributed by atoms with Gasteiger partial charge in [-0.25, -0.2) is 4.98 Å². The van der Waals surface area contributed by atoms with Gasteiger partial charge in [0, 0.05) is 30.1 Å². The molecule has 0 aliphatic carbocycles. The van der Waals surface area contributed by atoms with Gasteiger partial charge in [-0.1, -0.05) is 37.1 Å². The molecule has 11 nitrogen and oxygen atoms in total. The third-order valence-corrected chi connectivity index (χ3v) is 5.36. The average molecular weight is 455 g/mol. The Labute approximate surface area is 192 Å². The largest absolute Gasteiger partial charge is 0.496 e. The number of ether oxygens (including phenoxy) is 1. The molecule has 0 aliphatic rings. The van der Waals surface area contributed by atoms with Gasteiger partial charge in [0.2, 0.25) is 5.95 Å². The molecule has 0 aliphatic heterocycles. The molecule has 3 rings (SSSR count). The topological polar surface area (TPSA) is 165 Å². The van der Waals surface area contributed by atoms with Gasteiger partial charge >= 0.3 is 5.97 Å². The third kappa shape index (κ3) is 6.61. The molecule has 1 atom stereocenters. The van der Waals surface area contributed by atoms with E-state index in [-0.39, 0.29) is 18.4 Å². The smallest absolute Gasteiger partial charge is 0.305 e. The first kappa shape index (κ1) is 23.9. The van der Waals surface area contributed by atoms with Crippen molar-refractivity contribution in [3.8, 4) is 5.75 Å². The molecule has 0 fully saturated rings.